The van der Waals surface area contributed by atoms with Crippen molar-refractivity contribution in [1.29, 1.82) is 0 Å². The summed E-state index contributed by atoms with van der Waals surface area (Å²) in [5, 5.41) is 2.38. The van der Waals surface area contributed by atoms with E-state index < -0.39 is 17.5 Å². The Kier molecular flexibility index (Phi) is 4.87. The normalized spacial score (nSPS) is 10.2. The average Bonchev–Trinajstić information content (AvgIpc) is 2.44. The maximum absolute atomic E-state index is 13.4. The standard InChI is InChI=1S/C16H15F2NO2/c1-11-4-2-3-5-15(11)21-9-8-16(20)19-14-7-6-12(17)10-13(14)18/h2-7,10H,8-9H2,1H3,(H,19,20). The number of amides is 1. The monoisotopic (exact) mass is 291 g/mol. The lowest BCUT2D eigenvalue weighted by Crippen LogP contribution is -2.16. The lowest BCUT2D eigenvalue weighted by atomic mass is 10.2. The van der Waals surface area contributed by atoms with E-state index in [2.05, 4.69) is 5.32 Å². The molecule has 0 atom stereocenters. The first-order chi connectivity index (χ1) is 10.1. The van der Waals surface area contributed by atoms with Gasteiger partial charge in [-0.1, -0.05) is 18.2 Å². The topological polar surface area (TPSA) is 38.3 Å². The smallest absolute Gasteiger partial charge is 0.227 e. The first-order valence-electron chi connectivity index (χ1n) is 6.49. The minimum Gasteiger partial charge on any atom is -0.493 e. The van der Waals surface area contributed by atoms with Crippen LogP contribution in [0.5, 0.6) is 5.75 Å². The van der Waals surface area contributed by atoms with Gasteiger partial charge >= 0.3 is 0 Å². The van der Waals surface area contributed by atoms with Gasteiger partial charge in [0, 0.05) is 6.07 Å². The largest absolute Gasteiger partial charge is 0.493 e. The highest BCUT2D eigenvalue weighted by Gasteiger charge is 2.08. The SMILES string of the molecule is Cc1ccccc1OCCC(=O)Nc1ccc(F)cc1F. The van der Waals surface area contributed by atoms with E-state index in [0.29, 0.717) is 5.75 Å². The third-order valence-electron chi connectivity index (χ3n) is 2.89. The van der Waals surface area contributed by atoms with Gasteiger partial charge in [-0.2, -0.15) is 0 Å². The minimum absolute atomic E-state index is 0.0442. The van der Waals surface area contributed by atoms with Gasteiger partial charge < -0.3 is 10.1 Å². The Morgan fingerprint density at radius 3 is 2.67 bits per heavy atom. The number of hydrogen-bond acceptors (Lipinski definition) is 2. The lowest BCUT2D eigenvalue weighted by molar-refractivity contribution is -0.116. The number of carbonyl (C=O) groups is 1. The summed E-state index contributed by atoms with van der Waals surface area (Å²) < 4.78 is 31.6. The van der Waals surface area contributed by atoms with Gasteiger partial charge in [-0.05, 0) is 30.7 Å². The third-order valence-corrected chi connectivity index (χ3v) is 2.89. The van der Waals surface area contributed by atoms with Crippen LogP contribution in [0.1, 0.15) is 12.0 Å². The molecule has 0 spiro atoms. The number of aryl methyl sites for hydroxylation is 1. The second kappa shape index (κ2) is 6.83. The van der Waals surface area contributed by atoms with E-state index in [1.165, 1.54) is 6.07 Å². The zero-order valence-electron chi connectivity index (χ0n) is 11.5. The molecule has 21 heavy (non-hydrogen) atoms. The van der Waals surface area contributed by atoms with Crippen molar-refractivity contribution in [1.82, 2.24) is 0 Å². The number of carbonyl (C=O) groups excluding carboxylic acids is 1. The fourth-order valence-electron chi connectivity index (χ4n) is 1.78. The predicted octanol–water partition coefficient (Wildman–Crippen LogP) is 3.68. The molecule has 3 nitrogen and oxygen atoms in total. The minimum atomic E-state index is -0.803. The summed E-state index contributed by atoms with van der Waals surface area (Å²) >= 11 is 0. The molecule has 2 aromatic carbocycles. The van der Waals surface area contributed by atoms with Crippen molar-refractivity contribution < 1.29 is 18.3 Å². The number of benzene rings is 2. The highest BCUT2D eigenvalue weighted by Crippen LogP contribution is 2.17. The van der Waals surface area contributed by atoms with Crippen molar-refractivity contribution in [2.45, 2.75) is 13.3 Å². The fourth-order valence-corrected chi connectivity index (χ4v) is 1.78. The van der Waals surface area contributed by atoms with Crippen LogP contribution in [-0.4, -0.2) is 12.5 Å². The number of para-hydroxylation sites is 1. The Bertz CT molecular complexity index is 644. The van der Waals surface area contributed by atoms with E-state index >= 15 is 0 Å². The molecule has 0 aromatic heterocycles. The van der Waals surface area contributed by atoms with Crippen molar-refractivity contribution in [2.24, 2.45) is 0 Å². The molecule has 0 saturated carbocycles. The summed E-state index contributed by atoms with van der Waals surface area (Å²) in [4.78, 5) is 11.7. The van der Waals surface area contributed by atoms with Gasteiger partial charge in [-0.15, -0.1) is 0 Å². The Labute approximate surface area is 121 Å². The predicted molar refractivity (Wildman–Crippen MR) is 76.3 cm³/mol. The van der Waals surface area contributed by atoms with Crippen LogP contribution in [0.25, 0.3) is 0 Å². The quantitative estimate of drug-likeness (QED) is 0.912. The van der Waals surface area contributed by atoms with Gasteiger partial charge in [0.25, 0.3) is 0 Å². The summed E-state index contributed by atoms with van der Waals surface area (Å²) in [6.45, 7) is 2.09. The van der Waals surface area contributed by atoms with Crippen LogP contribution in [0, 0.1) is 18.6 Å². The summed E-state index contributed by atoms with van der Waals surface area (Å²) in [5.41, 5.74) is 0.930. The molecule has 1 amide bonds. The molecule has 2 rings (SSSR count). The maximum atomic E-state index is 13.4. The average molecular weight is 291 g/mol. The second-order valence-corrected chi connectivity index (χ2v) is 4.54. The van der Waals surface area contributed by atoms with Crippen molar-refractivity contribution in [2.75, 3.05) is 11.9 Å². The molecule has 1 N–H and O–H groups in total. The highest BCUT2D eigenvalue weighted by molar-refractivity contribution is 5.90. The van der Waals surface area contributed by atoms with Crippen LogP contribution >= 0.6 is 0 Å². The van der Waals surface area contributed by atoms with E-state index in [4.69, 9.17) is 4.74 Å². The number of halogens is 2. The van der Waals surface area contributed by atoms with Gasteiger partial charge in [-0.25, -0.2) is 8.78 Å². The number of rotatable bonds is 5. The van der Waals surface area contributed by atoms with Crippen LogP contribution < -0.4 is 10.1 Å². The van der Waals surface area contributed by atoms with Crippen LogP contribution in [0.3, 0.4) is 0 Å². The Morgan fingerprint density at radius 1 is 1.19 bits per heavy atom. The van der Waals surface area contributed by atoms with Crippen LogP contribution in [0.4, 0.5) is 14.5 Å². The van der Waals surface area contributed by atoms with E-state index in [-0.39, 0.29) is 18.7 Å². The van der Waals surface area contributed by atoms with E-state index in [9.17, 15) is 13.6 Å². The molecule has 0 aliphatic rings. The highest BCUT2D eigenvalue weighted by atomic mass is 19.1. The van der Waals surface area contributed by atoms with Crippen LogP contribution in [0.15, 0.2) is 42.5 Å². The molecule has 0 heterocycles. The second-order valence-electron chi connectivity index (χ2n) is 4.54. The Hall–Kier alpha value is -2.43. The molecular weight excluding hydrogens is 276 g/mol. The number of nitrogens with one attached hydrogen (secondary N) is 1. The van der Waals surface area contributed by atoms with Gasteiger partial charge in [0.2, 0.25) is 5.91 Å². The number of ether oxygens (including phenoxy) is 1. The zero-order chi connectivity index (χ0) is 15.2. The summed E-state index contributed by atoms with van der Waals surface area (Å²) in [5.74, 6) is -1.18. The van der Waals surface area contributed by atoms with Gasteiger partial charge in [0.15, 0.2) is 0 Å². The Balaban J connectivity index is 1.84. The molecule has 0 aliphatic heterocycles. The van der Waals surface area contributed by atoms with Crippen molar-refractivity contribution in [3.05, 3.63) is 59.7 Å². The van der Waals surface area contributed by atoms with Crippen LogP contribution in [-0.2, 0) is 4.79 Å². The number of anilines is 1. The first-order valence-corrected chi connectivity index (χ1v) is 6.49. The van der Waals surface area contributed by atoms with E-state index in [0.717, 1.165) is 17.7 Å². The summed E-state index contributed by atoms with van der Waals surface area (Å²) in [6.07, 6.45) is 0.0746. The third kappa shape index (κ3) is 4.27. The summed E-state index contributed by atoms with van der Waals surface area (Å²) in [7, 11) is 0. The maximum Gasteiger partial charge on any atom is 0.227 e. The van der Waals surface area contributed by atoms with Crippen molar-refractivity contribution >= 4 is 11.6 Å². The van der Waals surface area contributed by atoms with Gasteiger partial charge in [-0.3, -0.25) is 4.79 Å². The molecule has 0 saturated heterocycles. The van der Waals surface area contributed by atoms with E-state index in [1.54, 1.807) is 0 Å². The van der Waals surface area contributed by atoms with Crippen molar-refractivity contribution in [3.8, 4) is 5.75 Å². The molecule has 2 aromatic rings. The molecular formula is C16H15F2NO2. The molecule has 0 unspecified atom stereocenters. The molecule has 0 radical (unpaired) electrons. The Morgan fingerprint density at radius 2 is 1.95 bits per heavy atom. The fraction of sp³-hybridized carbons (Fsp3) is 0.188. The van der Waals surface area contributed by atoms with Crippen LogP contribution in [0.2, 0.25) is 0 Å². The van der Waals surface area contributed by atoms with Crippen molar-refractivity contribution in [3.63, 3.8) is 0 Å². The number of hydrogen-bond donors (Lipinski definition) is 1. The van der Waals surface area contributed by atoms with Gasteiger partial charge in [0.05, 0.1) is 18.7 Å². The van der Waals surface area contributed by atoms with Gasteiger partial charge in [0.1, 0.15) is 17.4 Å². The molecule has 0 fully saturated rings. The molecule has 5 heteroatoms. The molecule has 0 aliphatic carbocycles. The molecule has 0 bridgehead atoms. The molecule has 110 valence electrons. The zero-order valence-corrected chi connectivity index (χ0v) is 11.5. The summed E-state index contributed by atoms with van der Waals surface area (Å²) in [6, 6.07) is 10.4. The lowest BCUT2D eigenvalue weighted by Gasteiger charge is -2.09. The van der Waals surface area contributed by atoms with E-state index in [1.807, 2.05) is 31.2 Å². The first kappa shape index (κ1) is 15.0.